The number of aliphatic hydroxyl groups is 1. The molecule has 13 heavy (non-hydrogen) atoms. The van der Waals surface area contributed by atoms with Crippen molar-refractivity contribution in [3.8, 4) is 0 Å². The fraction of sp³-hybridized carbons (Fsp3) is 0.600. The van der Waals surface area contributed by atoms with Gasteiger partial charge in [0.25, 0.3) is 0 Å². The average Bonchev–Trinajstić information content (AvgIpc) is 2.43. The van der Waals surface area contributed by atoms with Crippen LogP contribution in [0.15, 0.2) is 16.7 Å². The standard InChI is InChI=1S/C10H15NO2/c1-7-2-3-13-10(7)6-11-8-4-9(12)5-8/h2-3,8-9,11-12H,4-6H2,1H3. The highest BCUT2D eigenvalue weighted by atomic mass is 16.3. The lowest BCUT2D eigenvalue weighted by molar-refractivity contribution is 0.0611. The Morgan fingerprint density at radius 3 is 2.92 bits per heavy atom. The second-order valence-electron chi connectivity index (χ2n) is 3.73. The van der Waals surface area contributed by atoms with Crippen LogP contribution in [0.25, 0.3) is 0 Å². The second kappa shape index (κ2) is 3.52. The lowest BCUT2D eigenvalue weighted by atomic mass is 9.89. The first-order valence-corrected chi connectivity index (χ1v) is 4.70. The van der Waals surface area contributed by atoms with E-state index in [1.54, 1.807) is 6.26 Å². The third-order valence-electron chi connectivity index (χ3n) is 2.63. The molecule has 3 heteroatoms. The van der Waals surface area contributed by atoms with Gasteiger partial charge in [0, 0.05) is 6.04 Å². The maximum absolute atomic E-state index is 9.07. The van der Waals surface area contributed by atoms with E-state index in [9.17, 15) is 0 Å². The summed E-state index contributed by atoms with van der Waals surface area (Å²) in [6.45, 7) is 2.81. The SMILES string of the molecule is Cc1ccoc1CNC1CC(O)C1. The van der Waals surface area contributed by atoms with Crippen LogP contribution in [0.1, 0.15) is 24.2 Å². The molecule has 0 saturated heterocycles. The second-order valence-corrected chi connectivity index (χ2v) is 3.73. The Kier molecular flexibility index (Phi) is 2.38. The molecular weight excluding hydrogens is 166 g/mol. The van der Waals surface area contributed by atoms with Crippen molar-refractivity contribution in [3.05, 3.63) is 23.7 Å². The predicted octanol–water partition coefficient (Wildman–Crippen LogP) is 1.20. The van der Waals surface area contributed by atoms with E-state index in [1.807, 2.05) is 13.0 Å². The highest BCUT2D eigenvalue weighted by Gasteiger charge is 2.26. The van der Waals surface area contributed by atoms with Gasteiger partial charge in [-0.2, -0.15) is 0 Å². The Morgan fingerprint density at radius 1 is 1.62 bits per heavy atom. The summed E-state index contributed by atoms with van der Waals surface area (Å²) < 4.78 is 5.29. The van der Waals surface area contributed by atoms with Gasteiger partial charge in [-0.3, -0.25) is 0 Å². The molecule has 72 valence electrons. The number of furan rings is 1. The summed E-state index contributed by atoms with van der Waals surface area (Å²) in [6.07, 6.45) is 3.37. The molecular formula is C10H15NO2. The number of rotatable bonds is 3. The van der Waals surface area contributed by atoms with Gasteiger partial charge in [0.05, 0.1) is 18.9 Å². The van der Waals surface area contributed by atoms with Crippen LogP contribution in [0.5, 0.6) is 0 Å². The normalized spacial score (nSPS) is 27.2. The lowest BCUT2D eigenvalue weighted by Gasteiger charge is -2.31. The average molecular weight is 181 g/mol. The number of aryl methyl sites for hydroxylation is 1. The van der Waals surface area contributed by atoms with Gasteiger partial charge < -0.3 is 14.8 Å². The van der Waals surface area contributed by atoms with Crippen LogP contribution in [0.4, 0.5) is 0 Å². The van der Waals surface area contributed by atoms with E-state index in [0.29, 0.717) is 6.04 Å². The van der Waals surface area contributed by atoms with E-state index >= 15 is 0 Å². The molecule has 0 aliphatic heterocycles. The topological polar surface area (TPSA) is 45.4 Å². The Balaban J connectivity index is 1.77. The largest absolute Gasteiger partial charge is 0.468 e. The summed E-state index contributed by atoms with van der Waals surface area (Å²) in [5.74, 6) is 1.00. The molecule has 0 spiro atoms. The highest BCUT2D eigenvalue weighted by molar-refractivity contribution is 5.14. The fourth-order valence-electron chi connectivity index (χ4n) is 1.58. The molecule has 0 amide bonds. The van der Waals surface area contributed by atoms with Crippen molar-refractivity contribution < 1.29 is 9.52 Å². The zero-order valence-corrected chi connectivity index (χ0v) is 7.79. The quantitative estimate of drug-likeness (QED) is 0.736. The minimum Gasteiger partial charge on any atom is -0.468 e. The molecule has 2 rings (SSSR count). The van der Waals surface area contributed by atoms with Crippen molar-refractivity contribution in [2.24, 2.45) is 0 Å². The van der Waals surface area contributed by atoms with Crippen LogP contribution in [0.2, 0.25) is 0 Å². The van der Waals surface area contributed by atoms with Crippen LogP contribution in [-0.2, 0) is 6.54 Å². The molecule has 1 fully saturated rings. The third kappa shape index (κ3) is 1.92. The molecule has 0 atom stereocenters. The molecule has 1 aliphatic rings. The summed E-state index contributed by atoms with van der Waals surface area (Å²) >= 11 is 0. The molecule has 1 heterocycles. The molecule has 0 bridgehead atoms. The van der Waals surface area contributed by atoms with E-state index in [-0.39, 0.29) is 6.10 Å². The van der Waals surface area contributed by atoms with Crippen LogP contribution in [0.3, 0.4) is 0 Å². The van der Waals surface area contributed by atoms with Gasteiger partial charge in [-0.05, 0) is 31.4 Å². The summed E-state index contributed by atoms with van der Waals surface area (Å²) in [7, 11) is 0. The Morgan fingerprint density at radius 2 is 2.38 bits per heavy atom. The first-order chi connectivity index (χ1) is 6.25. The molecule has 0 aromatic carbocycles. The summed E-state index contributed by atoms with van der Waals surface area (Å²) in [6, 6.07) is 2.44. The van der Waals surface area contributed by atoms with E-state index in [0.717, 1.165) is 25.1 Å². The summed E-state index contributed by atoms with van der Waals surface area (Å²) in [5, 5.41) is 12.4. The zero-order chi connectivity index (χ0) is 9.26. The Bertz CT molecular complexity index is 276. The van der Waals surface area contributed by atoms with Crippen molar-refractivity contribution in [1.82, 2.24) is 5.32 Å². The van der Waals surface area contributed by atoms with Gasteiger partial charge in [-0.25, -0.2) is 0 Å². The number of aliphatic hydroxyl groups excluding tert-OH is 1. The minimum atomic E-state index is -0.0878. The van der Waals surface area contributed by atoms with Gasteiger partial charge in [0.15, 0.2) is 0 Å². The van der Waals surface area contributed by atoms with Gasteiger partial charge in [-0.15, -0.1) is 0 Å². The zero-order valence-electron chi connectivity index (χ0n) is 7.79. The van der Waals surface area contributed by atoms with E-state index in [1.165, 1.54) is 5.56 Å². The third-order valence-corrected chi connectivity index (χ3v) is 2.63. The minimum absolute atomic E-state index is 0.0878. The van der Waals surface area contributed by atoms with Crippen LogP contribution < -0.4 is 5.32 Å². The molecule has 0 radical (unpaired) electrons. The molecule has 1 saturated carbocycles. The van der Waals surface area contributed by atoms with E-state index in [4.69, 9.17) is 9.52 Å². The summed E-state index contributed by atoms with van der Waals surface area (Å²) in [5.41, 5.74) is 1.19. The Labute approximate surface area is 77.8 Å². The van der Waals surface area contributed by atoms with Crippen LogP contribution >= 0.6 is 0 Å². The number of hydrogen-bond acceptors (Lipinski definition) is 3. The fourth-order valence-corrected chi connectivity index (χ4v) is 1.58. The van der Waals surface area contributed by atoms with Crippen LogP contribution in [-0.4, -0.2) is 17.3 Å². The molecule has 1 aromatic rings. The molecule has 0 unspecified atom stereocenters. The first kappa shape index (κ1) is 8.78. The highest BCUT2D eigenvalue weighted by Crippen LogP contribution is 2.20. The molecule has 2 N–H and O–H groups in total. The van der Waals surface area contributed by atoms with E-state index in [2.05, 4.69) is 5.32 Å². The van der Waals surface area contributed by atoms with Crippen LogP contribution in [0, 0.1) is 6.92 Å². The van der Waals surface area contributed by atoms with Gasteiger partial charge >= 0.3 is 0 Å². The number of nitrogens with one attached hydrogen (secondary N) is 1. The Hall–Kier alpha value is -0.800. The molecule has 1 aromatic heterocycles. The van der Waals surface area contributed by atoms with Crippen molar-refractivity contribution in [2.75, 3.05) is 0 Å². The molecule has 1 aliphatic carbocycles. The van der Waals surface area contributed by atoms with Crippen molar-refractivity contribution in [2.45, 2.75) is 38.5 Å². The van der Waals surface area contributed by atoms with Gasteiger partial charge in [0.1, 0.15) is 5.76 Å². The first-order valence-electron chi connectivity index (χ1n) is 4.70. The maximum atomic E-state index is 9.07. The maximum Gasteiger partial charge on any atom is 0.120 e. The van der Waals surface area contributed by atoms with Crippen molar-refractivity contribution in [1.29, 1.82) is 0 Å². The van der Waals surface area contributed by atoms with Crippen molar-refractivity contribution >= 4 is 0 Å². The van der Waals surface area contributed by atoms with Gasteiger partial charge in [-0.1, -0.05) is 0 Å². The summed E-state index contributed by atoms with van der Waals surface area (Å²) in [4.78, 5) is 0. The van der Waals surface area contributed by atoms with Crippen molar-refractivity contribution in [3.63, 3.8) is 0 Å². The monoisotopic (exact) mass is 181 g/mol. The van der Waals surface area contributed by atoms with E-state index < -0.39 is 0 Å². The molecule has 3 nitrogen and oxygen atoms in total. The lowest BCUT2D eigenvalue weighted by Crippen LogP contribution is -2.43. The smallest absolute Gasteiger partial charge is 0.120 e. The predicted molar refractivity (Wildman–Crippen MR) is 49.3 cm³/mol. The number of hydrogen-bond donors (Lipinski definition) is 2. The van der Waals surface area contributed by atoms with Gasteiger partial charge in [0.2, 0.25) is 0 Å².